The Labute approximate surface area is 166 Å². The second kappa shape index (κ2) is 7.08. The van der Waals surface area contributed by atoms with Gasteiger partial charge in [0.25, 0.3) is 0 Å². The maximum Gasteiger partial charge on any atom is 0.312 e. The van der Waals surface area contributed by atoms with Crippen LogP contribution in [0, 0.1) is 5.41 Å². The minimum atomic E-state index is -0.591. The number of ether oxygens (including phenoxy) is 2. The third-order valence-electron chi connectivity index (χ3n) is 4.57. The molecule has 0 amide bonds. The second-order valence-electron chi connectivity index (χ2n) is 9.27. The number of hydrogen-bond acceptors (Lipinski definition) is 4. The molecule has 0 fully saturated rings. The van der Waals surface area contributed by atoms with Gasteiger partial charge in [-0.1, -0.05) is 42.5 Å². The van der Waals surface area contributed by atoms with Gasteiger partial charge in [0.05, 0.1) is 11.8 Å². The second-order valence-corrected chi connectivity index (χ2v) is 9.27. The number of rotatable bonds is 3. The van der Waals surface area contributed by atoms with Crippen molar-refractivity contribution >= 4 is 11.9 Å². The Balaban J connectivity index is 2.01. The van der Waals surface area contributed by atoms with E-state index in [2.05, 4.69) is 0 Å². The summed E-state index contributed by atoms with van der Waals surface area (Å²) >= 11 is 0. The van der Waals surface area contributed by atoms with Gasteiger partial charge in [0.1, 0.15) is 5.60 Å². The van der Waals surface area contributed by atoms with Gasteiger partial charge in [-0.05, 0) is 58.2 Å². The smallest absolute Gasteiger partial charge is 0.312 e. The summed E-state index contributed by atoms with van der Waals surface area (Å²) in [5, 5.41) is 0. The summed E-state index contributed by atoms with van der Waals surface area (Å²) in [5.41, 5.74) is 3.60. The van der Waals surface area contributed by atoms with E-state index in [-0.39, 0.29) is 18.4 Å². The molecule has 2 aromatic carbocycles. The fourth-order valence-electron chi connectivity index (χ4n) is 3.38. The molecule has 1 unspecified atom stereocenters. The van der Waals surface area contributed by atoms with E-state index in [1.807, 2.05) is 84.0 Å². The number of fused-ring (bicyclic) bond motifs is 3. The van der Waals surface area contributed by atoms with Crippen LogP contribution in [0.15, 0.2) is 42.5 Å². The van der Waals surface area contributed by atoms with Crippen molar-refractivity contribution in [2.45, 2.75) is 59.7 Å². The molecule has 0 radical (unpaired) electrons. The number of hydrogen-bond donors (Lipinski definition) is 0. The quantitative estimate of drug-likeness (QED) is 0.684. The standard InChI is InChI=1S/C24H28O4/c1-23(2,3)22(26)27-21-17-12-8-7-11-16(17)20-15(10-9-13-18(20)21)14-19(25)28-24(4,5)6/h7-13,21H,14H2,1-6H3. The molecule has 0 spiro atoms. The molecule has 1 aliphatic rings. The van der Waals surface area contributed by atoms with Crippen LogP contribution in [0.5, 0.6) is 0 Å². The number of carbonyl (C=O) groups excluding carboxylic acids is 2. The maximum absolute atomic E-state index is 12.6. The van der Waals surface area contributed by atoms with Crippen molar-refractivity contribution in [1.29, 1.82) is 0 Å². The predicted molar refractivity (Wildman–Crippen MR) is 109 cm³/mol. The van der Waals surface area contributed by atoms with Gasteiger partial charge in [-0.3, -0.25) is 9.59 Å². The Morgan fingerprint density at radius 2 is 1.54 bits per heavy atom. The topological polar surface area (TPSA) is 52.6 Å². The van der Waals surface area contributed by atoms with Crippen molar-refractivity contribution in [1.82, 2.24) is 0 Å². The first-order valence-corrected chi connectivity index (χ1v) is 9.61. The van der Waals surface area contributed by atoms with Gasteiger partial charge in [-0.25, -0.2) is 0 Å². The monoisotopic (exact) mass is 380 g/mol. The molecule has 4 heteroatoms. The van der Waals surface area contributed by atoms with Gasteiger partial charge in [-0.15, -0.1) is 0 Å². The summed E-state index contributed by atoms with van der Waals surface area (Å²) in [5.74, 6) is -0.522. The van der Waals surface area contributed by atoms with Crippen molar-refractivity contribution in [2.75, 3.05) is 0 Å². The highest BCUT2D eigenvalue weighted by Crippen LogP contribution is 2.47. The largest absolute Gasteiger partial charge is 0.460 e. The normalized spacial score (nSPS) is 15.6. The molecule has 28 heavy (non-hydrogen) atoms. The highest BCUT2D eigenvalue weighted by atomic mass is 16.6. The maximum atomic E-state index is 12.6. The Morgan fingerprint density at radius 1 is 0.893 bits per heavy atom. The molecule has 0 saturated heterocycles. The van der Waals surface area contributed by atoms with Gasteiger partial charge in [0.15, 0.2) is 6.10 Å². The van der Waals surface area contributed by atoms with E-state index in [1.54, 1.807) is 0 Å². The van der Waals surface area contributed by atoms with Crippen molar-refractivity contribution in [3.8, 4) is 11.1 Å². The molecule has 1 aliphatic carbocycles. The van der Waals surface area contributed by atoms with Crippen LogP contribution in [0.25, 0.3) is 11.1 Å². The van der Waals surface area contributed by atoms with E-state index in [4.69, 9.17) is 9.47 Å². The van der Waals surface area contributed by atoms with Crippen LogP contribution in [0.3, 0.4) is 0 Å². The number of benzene rings is 2. The van der Waals surface area contributed by atoms with Crippen LogP contribution < -0.4 is 0 Å². The lowest BCUT2D eigenvalue weighted by atomic mass is 9.96. The van der Waals surface area contributed by atoms with E-state index < -0.39 is 17.1 Å². The molecule has 0 bridgehead atoms. The van der Waals surface area contributed by atoms with E-state index in [1.165, 1.54) is 0 Å². The van der Waals surface area contributed by atoms with E-state index in [0.29, 0.717) is 0 Å². The Kier molecular flexibility index (Phi) is 5.09. The first-order chi connectivity index (χ1) is 13.0. The average Bonchev–Trinajstić information content (AvgIpc) is 2.87. The zero-order chi connectivity index (χ0) is 20.7. The molecule has 1 atom stereocenters. The Hall–Kier alpha value is -2.62. The predicted octanol–water partition coefficient (Wildman–Crippen LogP) is 5.23. The van der Waals surface area contributed by atoms with Gasteiger partial charge >= 0.3 is 11.9 Å². The van der Waals surface area contributed by atoms with Crippen LogP contribution in [-0.2, 0) is 25.5 Å². The lowest BCUT2D eigenvalue weighted by Gasteiger charge is -2.22. The summed E-state index contributed by atoms with van der Waals surface area (Å²) in [7, 11) is 0. The lowest BCUT2D eigenvalue weighted by Crippen LogP contribution is -2.25. The fraction of sp³-hybridized carbons (Fsp3) is 0.417. The molecule has 4 nitrogen and oxygen atoms in total. The molecule has 0 aliphatic heterocycles. The zero-order valence-electron chi connectivity index (χ0n) is 17.5. The van der Waals surface area contributed by atoms with E-state index in [9.17, 15) is 9.59 Å². The molecule has 0 N–H and O–H groups in total. The third-order valence-corrected chi connectivity index (χ3v) is 4.57. The molecule has 2 aromatic rings. The third kappa shape index (κ3) is 4.11. The number of carbonyl (C=O) groups is 2. The lowest BCUT2D eigenvalue weighted by molar-refractivity contribution is -0.157. The Morgan fingerprint density at radius 3 is 2.18 bits per heavy atom. The molecule has 3 rings (SSSR count). The van der Waals surface area contributed by atoms with Crippen LogP contribution in [0.2, 0.25) is 0 Å². The summed E-state index contributed by atoms with van der Waals surface area (Å²) < 4.78 is 11.4. The summed E-state index contributed by atoms with van der Waals surface area (Å²) in [6.45, 7) is 11.1. The molecule has 0 aromatic heterocycles. The van der Waals surface area contributed by atoms with E-state index in [0.717, 1.165) is 27.8 Å². The first kappa shape index (κ1) is 20.1. The minimum Gasteiger partial charge on any atom is -0.460 e. The van der Waals surface area contributed by atoms with Crippen LogP contribution in [0.1, 0.15) is 64.3 Å². The van der Waals surface area contributed by atoms with Crippen molar-refractivity contribution in [2.24, 2.45) is 5.41 Å². The van der Waals surface area contributed by atoms with Crippen LogP contribution >= 0.6 is 0 Å². The van der Waals surface area contributed by atoms with Gasteiger partial charge in [0.2, 0.25) is 0 Å². The molecular weight excluding hydrogens is 352 g/mol. The van der Waals surface area contributed by atoms with Gasteiger partial charge < -0.3 is 9.47 Å². The molecule has 0 heterocycles. The van der Waals surface area contributed by atoms with Crippen LogP contribution in [-0.4, -0.2) is 17.5 Å². The first-order valence-electron chi connectivity index (χ1n) is 9.61. The SMILES string of the molecule is CC(C)(C)OC(=O)Cc1cccc2c1-c1ccccc1C2OC(=O)C(C)(C)C. The summed E-state index contributed by atoms with van der Waals surface area (Å²) in [6.07, 6.45) is -0.286. The van der Waals surface area contributed by atoms with Gasteiger partial charge in [-0.2, -0.15) is 0 Å². The fourth-order valence-corrected chi connectivity index (χ4v) is 3.38. The molecule has 0 saturated carbocycles. The van der Waals surface area contributed by atoms with Crippen molar-refractivity contribution in [3.05, 3.63) is 59.2 Å². The molecule has 148 valence electrons. The zero-order valence-corrected chi connectivity index (χ0v) is 17.5. The highest BCUT2D eigenvalue weighted by molar-refractivity contribution is 5.86. The summed E-state index contributed by atoms with van der Waals surface area (Å²) in [4.78, 5) is 25.0. The van der Waals surface area contributed by atoms with Crippen LogP contribution in [0.4, 0.5) is 0 Å². The van der Waals surface area contributed by atoms with Crippen molar-refractivity contribution < 1.29 is 19.1 Å². The Bertz CT molecular complexity index is 913. The van der Waals surface area contributed by atoms with Gasteiger partial charge in [0, 0.05) is 11.1 Å². The highest BCUT2D eigenvalue weighted by Gasteiger charge is 2.36. The molecular formula is C24H28O4. The average molecular weight is 380 g/mol. The minimum absolute atomic E-state index is 0.175. The van der Waals surface area contributed by atoms with E-state index >= 15 is 0 Å². The number of esters is 2. The van der Waals surface area contributed by atoms with Crippen molar-refractivity contribution in [3.63, 3.8) is 0 Å². The summed E-state index contributed by atoms with van der Waals surface area (Å²) in [6, 6.07) is 13.7.